The van der Waals surface area contributed by atoms with E-state index in [1.165, 1.54) is 18.2 Å². The van der Waals surface area contributed by atoms with Gasteiger partial charge in [-0.15, -0.1) is 0 Å². The molecule has 2 N–H and O–H groups in total. The molecule has 8 heteroatoms. The van der Waals surface area contributed by atoms with Gasteiger partial charge in [0, 0.05) is 11.7 Å². The van der Waals surface area contributed by atoms with Crippen LogP contribution in [0.5, 0.6) is 0 Å². The van der Waals surface area contributed by atoms with E-state index in [2.05, 4.69) is 10.6 Å². The number of carbonyl (C=O) groups excluding carboxylic acids is 2. The van der Waals surface area contributed by atoms with Crippen LogP contribution in [0.1, 0.15) is 54.8 Å². The molecule has 1 fully saturated rings. The molecule has 1 heterocycles. The van der Waals surface area contributed by atoms with Gasteiger partial charge in [0.2, 0.25) is 11.8 Å². The van der Waals surface area contributed by atoms with Gasteiger partial charge in [0.1, 0.15) is 0 Å². The van der Waals surface area contributed by atoms with Crippen molar-refractivity contribution in [2.45, 2.75) is 64.1 Å². The summed E-state index contributed by atoms with van der Waals surface area (Å²) in [5, 5.41) is 6.75. The van der Waals surface area contributed by atoms with E-state index in [4.69, 9.17) is 4.98 Å². The summed E-state index contributed by atoms with van der Waals surface area (Å²) in [6.07, 6.45) is 5.24. The largest absolute Gasteiger partial charge is 0.346 e. The van der Waals surface area contributed by atoms with Gasteiger partial charge in [-0.3, -0.25) is 19.0 Å². The molecule has 7 nitrogen and oxygen atoms in total. The van der Waals surface area contributed by atoms with Crippen molar-refractivity contribution in [3.8, 4) is 0 Å². The average Bonchev–Trinajstić information content (AvgIpc) is 2.84. The van der Waals surface area contributed by atoms with Crippen LogP contribution in [0.25, 0.3) is 10.9 Å². The zero-order valence-electron chi connectivity index (χ0n) is 20.5. The second-order valence-electron chi connectivity index (χ2n) is 9.27. The van der Waals surface area contributed by atoms with E-state index in [-0.39, 0.29) is 35.7 Å². The second-order valence-corrected chi connectivity index (χ2v) is 10.2. The third-order valence-corrected chi connectivity index (χ3v) is 7.39. The summed E-state index contributed by atoms with van der Waals surface area (Å²) >= 11 is 1.25. The lowest BCUT2D eigenvalue weighted by Crippen LogP contribution is -2.34. The minimum atomic E-state index is -0.278. The third kappa shape index (κ3) is 5.93. The molecule has 3 aromatic rings. The number of nitrogens with one attached hydrogen (secondary N) is 2. The number of rotatable bonds is 7. The number of hydrogen-bond donors (Lipinski definition) is 2. The van der Waals surface area contributed by atoms with Gasteiger partial charge in [0.25, 0.3) is 5.56 Å². The van der Waals surface area contributed by atoms with Gasteiger partial charge in [-0.25, -0.2) is 4.98 Å². The number of hydrogen-bond acceptors (Lipinski definition) is 5. The molecule has 2 aromatic carbocycles. The molecular weight excluding hydrogens is 460 g/mol. The van der Waals surface area contributed by atoms with Crippen LogP contribution in [0, 0.1) is 20.8 Å². The van der Waals surface area contributed by atoms with E-state index in [0.29, 0.717) is 16.1 Å². The van der Waals surface area contributed by atoms with Gasteiger partial charge in [-0.05, 0) is 56.9 Å². The predicted octanol–water partition coefficient (Wildman–Crippen LogP) is 4.67. The number of thioether (sulfide) groups is 1. The summed E-state index contributed by atoms with van der Waals surface area (Å²) < 4.78 is 1.79. The molecule has 0 atom stereocenters. The van der Waals surface area contributed by atoms with Crippen LogP contribution in [0.4, 0.5) is 5.69 Å². The first kappa shape index (κ1) is 25.0. The molecule has 0 unspecified atom stereocenters. The molecule has 0 bridgehead atoms. The summed E-state index contributed by atoms with van der Waals surface area (Å²) in [4.78, 5) is 43.0. The normalized spacial score (nSPS) is 14.1. The Balaban J connectivity index is 1.42. The number of fused-ring (bicyclic) bond motifs is 1. The first-order chi connectivity index (χ1) is 16.8. The lowest BCUT2D eigenvalue weighted by molar-refractivity contribution is -0.122. The van der Waals surface area contributed by atoms with Crippen molar-refractivity contribution in [3.05, 3.63) is 63.4 Å². The minimum absolute atomic E-state index is 0.0476. The van der Waals surface area contributed by atoms with Crippen molar-refractivity contribution in [3.63, 3.8) is 0 Å². The summed E-state index contributed by atoms with van der Waals surface area (Å²) in [6, 6.07) is 11.5. The maximum Gasteiger partial charge on any atom is 0.262 e. The molecule has 0 spiro atoms. The summed E-state index contributed by atoms with van der Waals surface area (Å²) in [5.74, 6) is -0.477. The van der Waals surface area contributed by atoms with E-state index >= 15 is 0 Å². The monoisotopic (exact) mass is 492 g/mol. The Hall–Kier alpha value is -3.13. The molecule has 35 heavy (non-hydrogen) atoms. The highest BCUT2D eigenvalue weighted by atomic mass is 32.2. The van der Waals surface area contributed by atoms with Crippen LogP contribution in [0.15, 0.2) is 46.3 Å². The minimum Gasteiger partial charge on any atom is -0.346 e. The van der Waals surface area contributed by atoms with Gasteiger partial charge < -0.3 is 10.6 Å². The Morgan fingerprint density at radius 3 is 2.43 bits per heavy atom. The fourth-order valence-electron chi connectivity index (χ4n) is 4.81. The molecule has 0 radical (unpaired) electrons. The Bertz CT molecular complexity index is 1290. The first-order valence-corrected chi connectivity index (χ1v) is 13.1. The van der Waals surface area contributed by atoms with Crippen LogP contribution >= 0.6 is 11.8 Å². The lowest BCUT2D eigenvalue weighted by Gasteiger charge is -2.26. The van der Waals surface area contributed by atoms with Gasteiger partial charge in [0.15, 0.2) is 5.16 Å². The van der Waals surface area contributed by atoms with E-state index in [1.54, 1.807) is 10.6 Å². The van der Waals surface area contributed by atoms with Gasteiger partial charge in [0.05, 0.1) is 23.2 Å². The molecule has 1 aliphatic carbocycles. The maximum atomic E-state index is 13.3. The Kier molecular flexibility index (Phi) is 7.90. The molecule has 0 saturated heterocycles. The quantitative estimate of drug-likeness (QED) is 0.369. The fourth-order valence-corrected chi connectivity index (χ4v) is 5.71. The van der Waals surface area contributed by atoms with E-state index in [0.717, 1.165) is 48.1 Å². The number of nitrogens with zero attached hydrogens (tertiary/aromatic N) is 2. The van der Waals surface area contributed by atoms with Crippen molar-refractivity contribution in [2.24, 2.45) is 0 Å². The molecule has 1 saturated carbocycles. The smallest absolute Gasteiger partial charge is 0.262 e. The van der Waals surface area contributed by atoms with Gasteiger partial charge >= 0.3 is 0 Å². The van der Waals surface area contributed by atoms with Crippen molar-refractivity contribution >= 4 is 40.2 Å². The van der Waals surface area contributed by atoms with Crippen LogP contribution in [0.2, 0.25) is 0 Å². The summed E-state index contributed by atoms with van der Waals surface area (Å²) in [6.45, 7) is 5.80. The summed E-state index contributed by atoms with van der Waals surface area (Å²) in [5.41, 5.74) is 4.48. The van der Waals surface area contributed by atoms with Crippen molar-refractivity contribution < 1.29 is 9.59 Å². The average molecular weight is 493 g/mol. The lowest BCUT2D eigenvalue weighted by atomic mass is 9.95. The van der Waals surface area contributed by atoms with Gasteiger partial charge in [-0.1, -0.05) is 60.9 Å². The molecular formula is C27H32N4O3S. The molecule has 4 rings (SSSR count). The highest BCUT2D eigenvalue weighted by Gasteiger charge is 2.22. The number of benzene rings is 2. The van der Waals surface area contributed by atoms with Crippen molar-refractivity contribution in [1.29, 1.82) is 0 Å². The summed E-state index contributed by atoms with van der Waals surface area (Å²) in [7, 11) is 0. The van der Waals surface area contributed by atoms with Crippen molar-refractivity contribution in [1.82, 2.24) is 14.9 Å². The molecule has 184 valence electrons. The number of anilines is 1. The Labute approximate surface area is 209 Å². The maximum absolute atomic E-state index is 13.3. The number of amides is 2. The van der Waals surface area contributed by atoms with E-state index in [9.17, 15) is 14.4 Å². The van der Waals surface area contributed by atoms with Crippen LogP contribution in [-0.4, -0.2) is 33.7 Å². The number of aryl methyl sites for hydroxylation is 3. The van der Waals surface area contributed by atoms with Gasteiger partial charge in [-0.2, -0.15) is 0 Å². The van der Waals surface area contributed by atoms with Crippen molar-refractivity contribution in [2.75, 3.05) is 17.6 Å². The highest BCUT2D eigenvalue weighted by molar-refractivity contribution is 7.99. The zero-order valence-corrected chi connectivity index (χ0v) is 21.3. The highest BCUT2D eigenvalue weighted by Crippen LogP contribution is 2.31. The fraction of sp³-hybridized carbons (Fsp3) is 0.407. The van der Waals surface area contributed by atoms with Crippen LogP contribution in [-0.2, 0) is 9.59 Å². The Morgan fingerprint density at radius 2 is 1.71 bits per heavy atom. The number of aromatic nitrogens is 2. The standard InChI is InChI=1S/C27H32N4O3S/c1-17-13-18(2)25(19(3)14-17)30-23(32)15-28-24(33)16-35-27-29-22-12-8-7-11-21(22)26(34)31(27)20-9-5-4-6-10-20/h7-8,11-14,20H,4-6,9-10,15-16H2,1-3H3,(H,28,33)(H,30,32). The Morgan fingerprint density at radius 1 is 1.03 bits per heavy atom. The zero-order chi connectivity index (χ0) is 24.9. The molecule has 1 aromatic heterocycles. The SMILES string of the molecule is Cc1cc(C)c(NC(=O)CNC(=O)CSc2nc3ccccc3c(=O)n2C2CCCCC2)c(C)c1. The first-order valence-electron chi connectivity index (χ1n) is 12.1. The number of para-hydroxylation sites is 1. The predicted molar refractivity (Wildman–Crippen MR) is 141 cm³/mol. The third-order valence-electron chi connectivity index (χ3n) is 6.44. The van der Waals surface area contributed by atoms with Crippen LogP contribution in [0.3, 0.4) is 0 Å². The van der Waals surface area contributed by atoms with Crippen LogP contribution < -0.4 is 16.2 Å². The molecule has 1 aliphatic rings. The van der Waals surface area contributed by atoms with E-state index < -0.39 is 0 Å². The molecule has 2 amide bonds. The topological polar surface area (TPSA) is 93.1 Å². The van der Waals surface area contributed by atoms with E-state index in [1.807, 2.05) is 51.1 Å². The second kappa shape index (κ2) is 11.1. The molecule has 0 aliphatic heterocycles. The number of carbonyl (C=O) groups is 2.